The number of hydrogen-bond acceptors (Lipinski definition) is 3. The van der Waals surface area contributed by atoms with Gasteiger partial charge in [-0.2, -0.15) is 0 Å². The zero-order valence-corrected chi connectivity index (χ0v) is 13.0. The Hall–Kier alpha value is -1.91. The Bertz CT molecular complexity index is 702. The lowest BCUT2D eigenvalue weighted by Gasteiger charge is -2.12. The molecule has 1 amide bonds. The van der Waals surface area contributed by atoms with Gasteiger partial charge in [0.2, 0.25) is 0 Å². The van der Waals surface area contributed by atoms with Crippen LogP contribution in [0.4, 0.5) is 11.4 Å². The first-order valence-corrected chi connectivity index (χ1v) is 6.88. The Morgan fingerprint density at radius 3 is 2.57 bits per heavy atom. The fourth-order valence-corrected chi connectivity index (χ4v) is 2.26. The highest BCUT2D eigenvalue weighted by Crippen LogP contribution is 2.30. The molecule has 110 valence electrons. The Morgan fingerprint density at radius 1 is 1.19 bits per heavy atom. The van der Waals surface area contributed by atoms with Gasteiger partial charge in [-0.25, -0.2) is 0 Å². The minimum Gasteiger partial charge on any atom is -0.496 e. The van der Waals surface area contributed by atoms with Crippen LogP contribution in [-0.2, 0) is 0 Å². The van der Waals surface area contributed by atoms with E-state index in [2.05, 4.69) is 5.32 Å². The average Bonchev–Trinajstić information content (AvgIpc) is 2.44. The first-order valence-electron chi connectivity index (χ1n) is 6.13. The number of benzene rings is 2. The molecule has 0 radical (unpaired) electrons. The van der Waals surface area contributed by atoms with Gasteiger partial charge in [-0.3, -0.25) is 4.79 Å². The van der Waals surface area contributed by atoms with Crippen molar-refractivity contribution in [2.75, 3.05) is 18.2 Å². The van der Waals surface area contributed by atoms with Crippen LogP contribution in [0.25, 0.3) is 0 Å². The third kappa shape index (κ3) is 3.40. The highest BCUT2D eigenvalue weighted by Gasteiger charge is 2.15. The number of rotatable bonds is 3. The van der Waals surface area contributed by atoms with Crippen molar-refractivity contribution in [3.05, 3.63) is 51.5 Å². The van der Waals surface area contributed by atoms with E-state index in [1.54, 1.807) is 24.3 Å². The van der Waals surface area contributed by atoms with E-state index in [9.17, 15) is 4.79 Å². The molecule has 21 heavy (non-hydrogen) atoms. The van der Waals surface area contributed by atoms with E-state index in [-0.39, 0.29) is 5.91 Å². The number of halogens is 2. The van der Waals surface area contributed by atoms with Gasteiger partial charge in [0.25, 0.3) is 5.91 Å². The van der Waals surface area contributed by atoms with Crippen LogP contribution in [0.5, 0.6) is 5.75 Å². The van der Waals surface area contributed by atoms with E-state index in [1.165, 1.54) is 13.2 Å². The standard InChI is InChI=1S/C15H14Cl2N2O2/c1-8-5-12(17)13(7-11(8)16)19-15(20)10-6-9(18)3-4-14(10)21-2/h3-7H,18H2,1-2H3,(H,19,20). The van der Waals surface area contributed by atoms with Gasteiger partial charge in [0.1, 0.15) is 5.75 Å². The van der Waals surface area contributed by atoms with Crippen molar-refractivity contribution >= 4 is 40.5 Å². The van der Waals surface area contributed by atoms with Crippen molar-refractivity contribution in [1.29, 1.82) is 0 Å². The smallest absolute Gasteiger partial charge is 0.259 e. The van der Waals surface area contributed by atoms with Gasteiger partial charge >= 0.3 is 0 Å². The van der Waals surface area contributed by atoms with Crippen LogP contribution in [0.3, 0.4) is 0 Å². The van der Waals surface area contributed by atoms with Gasteiger partial charge in [0, 0.05) is 10.7 Å². The molecule has 2 rings (SSSR count). The second-order valence-corrected chi connectivity index (χ2v) is 5.31. The number of hydrogen-bond donors (Lipinski definition) is 2. The molecule has 0 aliphatic rings. The summed E-state index contributed by atoms with van der Waals surface area (Å²) in [6.45, 7) is 1.83. The number of anilines is 2. The van der Waals surface area contributed by atoms with Gasteiger partial charge < -0.3 is 15.8 Å². The molecule has 0 fully saturated rings. The minimum absolute atomic E-state index is 0.324. The van der Waals surface area contributed by atoms with E-state index in [1.807, 2.05) is 6.92 Å². The minimum atomic E-state index is -0.374. The van der Waals surface area contributed by atoms with Crippen LogP contribution in [0.1, 0.15) is 15.9 Å². The monoisotopic (exact) mass is 324 g/mol. The molecular formula is C15H14Cl2N2O2. The van der Waals surface area contributed by atoms with Crippen molar-refractivity contribution < 1.29 is 9.53 Å². The molecule has 0 aromatic heterocycles. The van der Waals surface area contributed by atoms with Gasteiger partial charge in [0.05, 0.1) is 23.4 Å². The molecule has 2 aromatic rings. The van der Waals surface area contributed by atoms with Gasteiger partial charge in [-0.05, 0) is 42.8 Å². The molecule has 3 N–H and O–H groups in total. The molecule has 2 aromatic carbocycles. The van der Waals surface area contributed by atoms with Crippen molar-refractivity contribution in [2.45, 2.75) is 6.92 Å². The maximum absolute atomic E-state index is 12.3. The molecule has 0 bridgehead atoms. The molecule has 4 nitrogen and oxygen atoms in total. The highest BCUT2D eigenvalue weighted by molar-refractivity contribution is 6.36. The summed E-state index contributed by atoms with van der Waals surface area (Å²) in [6, 6.07) is 8.13. The summed E-state index contributed by atoms with van der Waals surface area (Å²) >= 11 is 12.2. The largest absolute Gasteiger partial charge is 0.496 e. The van der Waals surface area contributed by atoms with Crippen molar-refractivity contribution in [2.24, 2.45) is 0 Å². The Labute approximate surface area is 132 Å². The van der Waals surface area contributed by atoms with Crippen LogP contribution in [-0.4, -0.2) is 13.0 Å². The highest BCUT2D eigenvalue weighted by atomic mass is 35.5. The van der Waals surface area contributed by atoms with Crippen LogP contribution >= 0.6 is 23.2 Å². The summed E-state index contributed by atoms with van der Waals surface area (Å²) in [5.74, 6) is 0.0528. The molecule has 0 aliphatic heterocycles. The van der Waals surface area contributed by atoms with E-state index in [4.69, 9.17) is 33.7 Å². The Kier molecular flexibility index (Phi) is 4.60. The first-order chi connectivity index (χ1) is 9.92. The molecule has 0 spiro atoms. The zero-order chi connectivity index (χ0) is 15.6. The molecule has 0 unspecified atom stereocenters. The molecule has 0 heterocycles. The molecule has 6 heteroatoms. The molecule has 0 atom stereocenters. The SMILES string of the molecule is COc1ccc(N)cc1C(=O)Nc1cc(Cl)c(C)cc1Cl. The topological polar surface area (TPSA) is 64.3 Å². The van der Waals surface area contributed by atoms with Crippen LogP contribution < -0.4 is 15.8 Å². The van der Waals surface area contributed by atoms with Crippen LogP contribution in [0, 0.1) is 6.92 Å². The lowest BCUT2D eigenvalue weighted by atomic mass is 10.1. The third-order valence-electron chi connectivity index (χ3n) is 2.96. The summed E-state index contributed by atoms with van der Waals surface area (Å²) in [7, 11) is 1.48. The summed E-state index contributed by atoms with van der Waals surface area (Å²) < 4.78 is 5.16. The van der Waals surface area contributed by atoms with Crippen molar-refractivity contribution in [3.8, 4) is 5.75 Å². The number of aryl methyl sites for hydroxylation is 1. The Balaban J connectivity index is 2.34. The first kappa shape index (κ1) is 15.5. The molecule has 0 saturated heterocycles. The number of ether oxygens (including phenoxy) is 1. The maximum Gasteiger partial charge on any atom is 0.259 e. The fraction of sp³-hybridized carbons (Fsp3) is 0.133. The number of nitrogens with one attached hydrogen (secondary N) is 1. The van der Waals surface area contributed by atoms with Crippen LogP contribution in [0.15, 0.2) is 30.3 Å². The third-order valence-corrected chi connectivity index (χ3v) is 3.68. The van der Waals surface area contributed by atoms with E-state index in [0.29, 0.717) is 32.7 Å². The van der Waals surface area contributed by atoms with E-state index in [0.717, 1.165) is 5.56 Å². The van der Waals surface area contributed by atoms with Gasteiger partial charge in [-0.15, -0.1) is 0 Å². The number of carbonyl (C=O) groups is 1. The van der Waals surface area contributed by atoms with Crippen molar-refractivity contribution in [1.82, 2.24) is 0 Å². The second-order valence-electron chi connectivity index (χ2n) is 4.50. The lowest BCUT2D eigenvalue weighted by Crippen LogP contribution is -2.14. The number of nitrogen functional groups attached to an aromatic ring is 1. The van der Waals surface area contributed by atoms with Gasteiger partial charge in [-0.1, -0.05) is 23.2 Å². The summed E-state index contributed by atoms with van der Waals surface area (Å²) in [6.07, 6.45) is 0. The Morgan fingerprint density at radius 2 is 1.90 bits per heavy atom. The normalized spacial score (nSPS) is 10.3. The van der Waals surface area contributed by atoms with E-state index >= 15 is 0 Å². The van der Waals surface area contributed by atoms with E-state index < -0.39 is 0 Å². The number of amides is 1. The predicted molar refractivity (Wildman–Crippen MR) is 86.6 cm³/mol. The quantitative estimate of drug-likeness (QED) is 0.834. The van der Waals surface area contributed by atoms with Crippen molar-refractivity contribution in [3.63, 3.8) is 0 Å². The maximum atomic E-state index is 12.3. The molecular weight excluding hydrogens is 311 g/mol. The second kappa shape index (κ2) is 6.24. The summed E-state index contributed by atoms with van der Waals surface area (Å²) in [5, 5.41) is 3.64. The molecule has 0 aliphatic carbocycles. The fourth-order valence-electron chi connectivity index (χ4n) is 1.83. The zero-order valence-electron chi connectivity index (χ0n) is 11.5. The predicted octanol–water partition coefficient (Wildman–Crippen LogP) is 4.14. The average molecular weight is 325 g/mol. The number of methoxy groups -OCH3 is 1. The van der Waals surface area contributed by atoms with Gasteiger partial charge in [0.15, 0.2) is 0 Å². The summed E-state index contributed by atoms with van der Waals surface area (Å²) in [4.78, 5) is 12.3. The van der Waals surface area contributed by atoms with Crippen LogP contribution in [0.2, 0.25) is 10.0 Å². The molecule has 0 saturated carbocycles. The number of nitrogens with two attached hydrogens (primary N) is 1. The number of carbonyl (C=O) groups excluding carboxylic acids is 1. The summed E-state index contributed by atoms with van der Waals surface area (Å²) in [5.41, 5.74) is 7.76. The lowest BCUT2D eigenvalue weighted by molar-refractivity contribution is 0.102.